The van der Waals surface area contributed by atoms with E-state index in [4.69, 9.17) is 9.47 Å². The third-order valence-electron chi connectivity index (χ3n) is 4.09. The molecule has 30 heavy (non-hydrogen) atoms. The molecule has 0 unspecified atom stereocenters. The van der Waals surface area contributed by atoms with Gasteiger partial charge in [0.25, 0.3) is 5.91 Å². The fourth-order valence-corrected chi connectivity index (χ4v) is 2.53. The Balaban J connectivity index is 0.00000450. The quantitative estimate of drug-likeness (QED) is 0.227. The fourth-order valence-electron chi connectivity index (χ4n) is 2.53. The molecule has 0 bridgehead atoms. The van der Waals surface area contributed by atoms with E-state index in [1.54, 1.807) is 26.1 Å². The number of hydrogen-bond donors (Lipinski definition) is 2. The Hall–Kier alpha value is -2.49. The molecule has 0 fully saturated rings. The lowest BCUT2D eigenvalue weighted by Crippen LogP contribution is -2.39. The minimum Gasteiger partial charge on any atom is -0.497 e. The Kier molecular flexibility index (Phi) is 11.7. The van der Waals surface area contributed by atoms with Gasteiger partial charge in [0, 0.05) is 26.2 Å². The summed E-state index contributed by atoms with van der Waals surface area (Å²) >= 11 is 0. The molecule has 0 aromatic heterocycles. The standard InChI is InChI=1S/C22H30N4O3.HI/c1-5-23-22(24-14-15-29-20-12-10-19(28-4)11-13-20)25-16-17-6-8-18(9-7-17)21(27)26(2)3;/h6-13H,5,14-16H2,1-4H3,(H2,23,24,25);1H. The van der Waals surface area contributed by atoms with Crippen LogP contribution in [0.5, 0.6) is 11.5 Å². The van der Waals surface area contributed by atoms with Crippen molar-refractivity contribution in [3.8, 4) is 11.5 Å². The third-order valence-corrected chi connectivity index (χ3v) is 4.09. The predicted octanol–water partition coefficient (Wildman–Crippen LogP) is 3.15. The van der Waals surface area contributed by atoms with E-state index in [9.17, 15) is 4.79 Å². The van der Waals surface area contributed by atoms with Gasteiger partial charge in [-0.2, -0.15) is 0 Å². The predicted molar refractivity (Wildman–Crippen MR) is 131 cm³/mol. The van der Waals surface area contributed by atoms with Gasteiger partial charge in [0.2, 0.25) is 0 Å². The molecule has 2 N–H and O–H groups in total. The van der Waals surface area contributed by atoms with Gasteiger partial charge in [-0.05, 0) is 48.9 Å². The number of benzene rings is 2. The molecule has 164 valence electrons. The number of carbonyl (C=O) groups excluding carboxylic acids is 1. The van der Waals surface area contributed by atoms with Crippen LogP contribution in [-0.4, -0.2) is 57.7 Å². The van der Waals surface area contributed by atoms with Crippen LogP contribution in [0.15, 0.2) is 53.5 Å². The van der Waals surface area contributed by atoms with Crippen molar-refractivity contribution >= 4 is 35.8 Å². The highest BCUT2D eigenvalue weighted by Crippen LogP contribution is 2.16. The van der Waals surface area contributed by atoms with Crippen molar-refractivity contribution in [3.05, 3.63) is 59.7 Å². The van der Waals surface area contributed by atoms with Crippen LogP contribution in [0.25, 0.3) is 0 Å². The molecular weight excluding hydrogens is 495 g/mol. The Labute approximate surface area is 195 Å². The zero-order chi connectivity index (χ0) is 21.1. The summed E-state index contributed by atoms with van der Waals surface area (Å²) in [6.45, 7) is 4.44. The number of carbonyl (C=O) groups is 1. The van der Waals surface area contributed by atoms with Gasteiger partial charge in [-0.3, -0.25) is 4.79 Å². The zero-order valence-corrected chi connectivity index (χ0v) is 20.3. The molecule has 2 rings (SSSR count). The lowest BCUT2D eigenvalue weighted by atomic mass is 10.1. The number of methoxy groups -OCH3 is 1. The Morgan fingerprint density at radius 2 is 1.63 bits per heavy atom. The summed E-state index contributed by atoms with van der Waals surface area (Å²) in [5.41, 5.74) is 1.70. The molecule has 0 saturated heterocycles. The number of hydrogen-bond acceptors (Lipinski definition) is 4. The van der Waals surface area contributed by atoms with E-state index in [0.29, 0.717) is 25.3 Å². The minimum atomic E-state index is -0.00748. The molecule has 0 atom stereocenters. The first-order chi connectivity index (χ1) is 14.0. The summed E-state index contributed by atoms with van der Waals surface area (Å²) in [4.78, 5) is 18.1. The van der Waals surface area contributed by atoms with E-state index in [-0.39, 0.29) is 29.9 Å². The molecule has 1 amide bonds. The van der Waals surface area contributed by atoms with E-state index in [1.807, 2.05) is 55.5 Å². The van der Waals surface area contributed by atoms with Crippen LogP contribution >= 0.6 is 24.0 Å². The number of amides is 1. The number of nitrogens with zero attached hydrogens (tertiary/aromatic N) is 2. The van der Waals surface area contributed by atoms with Crippen molar-refractivity contribution in [2.24, 2.45) is 4.99 Å². The van der Waals surface area contributed by atoms with Crippen LogP contribution in [0.4, 0.5) is 0 Å². The van der Waals surface area contributed by atoms with Crippen LogP contribution in [0, 0.1) is 0 Å². The lowest BCUT2D eigenvalue weighted by molar-refractivity contribution is 0.0827. The number of halogens is 1. The second-order valence-corrected chi connectivity index (χ2v) is 6.54. The molecule has 0 radical (unpaired) electrons. The van der Waals surface area contributed by atoms with Gasteiger partial charge in [0.15, 0.2) is 5.96 Å². The van der Waals surface area contributed by atoms with Gasteiger partial charge in [0.1, 0.15) is 18.1 Å². The van der Waals surface area contributed by atoms with Crippen molar-refractivity contribution in [2.75, 3.05) is 40.9 Å². The average molecular weight is 526 g/mol. The maximum absolute atomic E-state index is 11.9. The Morgan fingerprint density at radius 1 is 1.00 bits per heavy atom. The second kappa shape index (κ2) is 13.7. The van der Waals surface area contributed by atoms with Crippen molar-refractivity contribution in [1.29, 1.82) is 0 Å². The molecule has 0 heterocycles. The third kappa shape index (κ3) is 8.48. The highest BCUT2D eigenvalue weighted by atomic mass is 127. The molecule has 2 aromatic rings. The molecule has 0 aliphatic rings. The van der Waals surface area contributed by atoms with Crippen LogP contribution in [-0.2, 0) is 6.54 Å². The van der Waals surface area contributed by atoms with Crippen LogP contribution in [0.2, 0.25) is 0 Å². The summed E-state index contributed by atoms with van der Waals surface area (Å²) in [7, 11) is 5.12. The zero-order valence-electron chi connectivity index (χ0n) is 18.0. The first-order valence-electron chi connectivity index (χ1n) is 9.63. The number of nitrogens with one attached hydrogen (secondary N) is 2. The van der Waals surface area contributed by atoms with Crippen molar-refractivity contribution in [3.63, 3.8) is 0 Å². The molecule has 0 aliphatic heterocycles. The summed E-state index contributed by atoms with van der Waals surface area (Å²) in [6.07, 6.45) is 0. The van der Waals surface area contributed by atoms with Crippen LogP contribution < -0.4 is 20.1 Å². The van der Waals surface area contributed by atoms with Gasteiger partial charge in [-0.25, -0.2) is 4.99 Å². The van der Waals surface area contributed by atoms with E-state index in [2.05, 4.69) is 15.6 Å². The number of aliphatic imine (C=N–C) groups is 1. The average Bonchev–Trinajstić information content (AvgIpc) is 2.75. The van der Waals surface area contributed by atoms with Crippen LogP contribution in [0.1, 0.15) is 22.8 Å². The molecule has 8 heteroatoms. The summed E-state index contributed by atoms with van der Waals surface area (Å²) < 4.78 is 10.8. The van der Waals surface area contributed by atoms with Gasteiger partial charge in [-0.15, -0.1) is 24.0 Å². The largest absolute Gasteiger partial charge is 0.497 e. The smallest absolute Gasteiger partial charge is 0.253 e. The molecule has 0 saturated carbocycles. The summed E-state index contributed by atoms with van der Waals surface area (Å²) in [5.74, 6) is 2.31. The van der Waals surface area contributed by atoms with Gasteiger partial charge in [-0.1, -0.05) is 12.1 Å². The highest BCUT2D eigenvalue weighted by Gasteiger charge is 2.07. The van der Waals surface area contributed by atoms with E-state index >= 15 is 0 Å². The molecular formula is C22H31IN4O3. The summed E-state index contributed by atoms with van der Waals surface area (Å²) in [6, 6.07) is 15.0. The fraction of sp³-hybridized carbons (Fsp3) is 0.364. The molecule has 7 nitrogen and oxygen atoms in total. The second-order valence-electron chi connectivity index (χ2n) is 6.54. The number of rotatable bonds is 9. The van der Waals surface area contributed by atoms with Gasteiger partial charge < -0.3 is 25.0 Å². The van der Waals surface area contributed by atoms with E-state index in [0.717, 1.165) is 29.6 Å². The summed E-state index contributed by atoms with van der Waals surface area (Å²) in [5, 5.41) is 6.47. The molecule has 0 spiro atoms. The first kappa shape index (κ1) is 25.5. The maximum Gasteiger partial charge on any atom is 0.253 e. The van der Waals surface area contributed by atoms with Crippen LogP contribution in [0.3, 0.4) is 0 Å². The van der Waals surface area contributed by atoms with E-state index in [1.165, 1.54) is 0 Å². The van der Waals surface area contributed by atoms with E-state index < -0.39 is 0 Å². The van der Waals surface area contributed by atoms with Crippen molar-refractivity contribution in [1.82, 2.24) is 15.5 Å². The Bertz CT molecular complexity index is 793. The number of ether oxygens (including phenoxy) is 2. The monoisotopic (exact) mass is 526 g/mol. The van der Waals surface area contributed by atoms with Gasteiger partial charge in [0.05, 0.1) is 20.2 Å². The van der Waals surface area contributed by atoms with Crippen molar-refractivity contribution < 1.29 is 14.3 Å². The molecule has 2 aromatic carbocycles. The number of guanidine groups is 1. The molecule has 0 aliphatic carbocycles. The van der Waals surface area contributed by atoms with Gasteiger partial charge >= 0.3 is 0 Å². The minimum absolute atomic E-state index is 0. The first-order valence-corrected chi connectivity index (χ1v) is 9.63. The lowest BCUT2D eigenvalue weighted by Gasteiger charge is -2.13. The highest BCUT2D eigenvalue weighted by molar-refractivity contribution is 14.0. The normalized spacial score (nSPS) is 10.6. The Morgan fingerprint density at radius 3 is 2.20 bits per heavy atom. The van der Waals surface area contributed by atoms with Crippen molar-refractivity contribution in [2.45, 2.75) is 13.5 Å². The topological polar surface area (TPSA) is 75.2 Å². The maximum atomic E-state index is 11.9. The SMILES string of the molecule is CCNC(=NCc1ccc(C(=O)N(C)C)cc1)NCCOc1ccc(OC)cc1.I.